The number of rotatable bonds is 4. The Morgan fingerprint density at radius 3 is 2.35 bits per heavy atom. The molecular formula is C15H20N2O2S. The zero-order chi connectivity index (χ0) is 14.7. The highest BCUT2D eigenvalue weighted by atomic mass is 32.1. The largest absolute Gasteiger partial charge is 0.484 e. The van der Waals surface area contributed by atoms with Gasteiger partial charge in [-0.3, -0.25) is 4.79 Å². The van der Waals surface area contributed by atoms with Gasteiger partial charge in [0.2, 0.25) is 0 Å². The third kappa shape index (κ3) is 3.48. The molecule has 0 radical (unpaired) electrons. The van der Waals surface area contributed by atoms with Crippen LogP contribution in [0.1, 0.15) is 19.4 Å². The normalized spacial score (nSPS) is 21.8. The third-order valence-corrected chi connectivity index (χ3v) is 4.08. The second-order valence-corrected chi connectivity index (χ2v) is 5.87. The van der Waals surface area contributed by atoms with Gasteiger partial charge in [0.25, 0.3) is 5.91 Å². The molecular weight excluding hydrogens is 272 g/mol. The smallest absolute Gasteiger partial charge is 0.260 e. The van der Waals surface area contributed by atoms with Gasteiger partial charge in [0, 0.05) is 18.7 Å². The van der Waals surface area contributed by atoms with E-state index in [1.165, 1.54) is 0 Å². The maximum absolute atomic E-state index is 12.0. The highest BCUT2D eigenvalue weighted by Crippen LogP contribution is 2.22. The van der Waals surface area contributed by atoms with Crippen molar-refractivity contribution in [3.05, 3.63) is 29.8 Å². The molecule has 1 aromatic rings. The fourth-order valence-corrected chi connectivity index (χ4v) is 2.42. The van der Waals surface area contributed by atoms with Gasteiger partial charge in [0.15, 0.2) is 6.61 Å². The molecule has 0 saturated carbocycles. The van der Waals surface area contributed by atoms with Crippen molar-refractivity contribution in [3.63, 3.8) is 0 Å². The van der Waals surface area contributed by atoms with Crippen molar-refractivity contribution in [3.8, 4) is 5.75 Å². The van der Waals surface area contributed by atoms with E-state index in [4.69, 9.17) is 22.7 Å². The molecule has 0 spiro atoms. The number of nitrogens with two attached hydrogens (primary N) is 1. The number of benzene rings is 1. The van der Waals surface area contributed by atoms with Gasteiger partial charge < -0.3 is 15.4 Å². The molecule has 2 rings (SSSR count). The fourth-order valence-electron chi connectivity index (χ4n) is 2.29. The Morgan fingerprint density at radius 2 is 1.85 bits per heavy atom. The summed E-state index contributed by atoms with van der Waals surface area (Å²) in [6.07, 6.45) is 0. The van der Waals surface area contributed by atoms with E-state index in [1.807, 2.05) is 4.90 Å². The van der Waals surface area contributed by atoms with Gasteiger partial charge in [-0.15, -0.1) is 0 Å². The number of ether oxygens (including phenoxy) is 1. The summed E-state index contributed by atoms with van der Waals surface area (Å²) in [5, 5.41) is 0. The van der Waals surface area contributed by atoms with Gasteiger partial charge in [-0.1, -0.05) is 26.1 Å². The van der Waals surface area contributed by atoms with E-state index in [-0.39, 0.29) is 12.5 Å². The van der Waals surface area contributed by atoms with E-state index >= 15 is 0 Å². The summed E-state index contributed by atoms with van der Waals surface area (Å²) in [5.74, 6) is 1.81. The topological polar surface area (TPSA) is 55.6 Å². The summed E-state index contributed by atoms with van der Waals surface area (Å²) in [6, 6.07) is 7.14. The molecule has 20 heavy (non-hydrogen) atoms. The molecule has 1 amide bonds. The molecule has 108 valence electrons. The van der Waals surface area contributed by atoms with E-state index in [9.17, 15) is 4.79 Å². The number of hydrogen-bond acceptors (Lipinski definition) is 3. The molecule has 1 fully saturated rings. The summed E-state index contributed by atoms with van der Waals surface area (Å²) in [7, 11) is 0. The van der Waals surface area contributed by atoms with Crippen LogP contribution in [0.2, 0.25) is 0 Å². The van der Waals surface area contributed by atoms with Gasteiger partial charge in [-0.25, -0.2) is 0 Å². The van der Waals surface area contributed by atoms with Crippen LogP contribution in [0.4, 0.5) is 0 Å². The number of likely N-dealkylation sites (tertiary alicyclic amines) is 1. The van der Waals surface area contributed by atoms with Crippen LogP contribution in [0, 0.1) is 11.8 Å². The third-order valence-electron chi connectivity index (χ3n) is 3.84. The van der Waals surface area contributed by atoms with Crippen molar-refractivity contribution in [2.45, 2.75) is 13.8 Å². The minimum Gasteiger partial charge on any atom is -0.484 e. The average molecular weight is 292 g/mol. The number of hydrogen-bond donors (Lipinski definition) is 1. The average Bonchev–Trinajstić information content (AvgIpc) is 2.76. The monoisotopic (exact) mass is 292 g/mol. The van der Waals surface area contributed by atoms with Crippen molar-refractivity contribution in [1.29, 1.82) is 0 Å². The molecule has 2 N–H and O–H groups in total. The van der Waals surface area contributed by atoms with E-state index in [0.29, 0.717) is 22.6 Å². The summed E-state index contributed by atoms with van der Waals surface area (Å²) < 4.78 is 5.51. The molecule has 0 bridgehead atoms. The van der Waals surface area contributed by atoms with Gasteiger partial charge in [0.05, 0.1) is 0 Å². The lowest BCUT2D eigenvalue weighted by atomic mass is 10.0. The van der Waals surface area contributed by atoms with E-state index in [0.717, 1.165) is 18.7 Å². The lowest BCUT2D eigenvalue weighted by molar-refractivity contribution is -0.132. The minimum absolute atomic E-state index is 0.0413. The molecule has 2 unspecified atom stereocenters. The molecule has 0 aliphatic carbocycles. The number of nitrogens with zero attached hydrogens (tertiary/aromatic N) is 1. The summed E-state index contributed by atoms with van der Waals surface area (Å²) in [6.45, 7) is 6.07. The Morgan fingerprint density at radius 1 is 1.30 bits per heavy atom. The highest BCUT2D eigenvalue weighted by Gasteiger charge is 2.29. The van der Waals surface area contributed by atoms with Crippen LogP contribution in [-0.2, 0) is 4.79 Å². The molecule has 1 aromatic carbocycles. The van der Waals surface area contributed by atoms with Crippen LogP contribution >= 0.6 is 12.2 Å². The minimum atomic E-state index is 0.0413. The number of amides is 1. The van der Waals surface area contributed by atoms with Gasteiger partial charge in [-0.05, 0) is 36.1 Å². The van der Waals surface area contributed by atoms with Crippen LogP contribution in [0.5, 0.6) is 5.75 Å². The molecule has 1 heterocycles. The predicted molar refractivity (Wildman–Crippen MR) is 82.7 cm³/mol. The number of thiocarbonyl (C=S) groups is 1. The lowest BCUT2D eigenvalue weighted by Crippen LogP contribution is -2.33. The maximum Gasteiger partial charge on any atom is 0.260 e. The van der Waals surface area contributed by atoms with Crippen molar-refractivity contribution < 1.29 is 9.53 Å². The van der Waals surface area contributed by atoms with Crippen molar-refractivity contribution >= 4 is 23.1 Å². The molecule has 1 saturated heterocycles. The molecule has 2 atom stereocenters. The number of carbonyl (C=O) groups is 1. The summed E-state index contributed by atoms with van der Waals surface area (Å²) >= 11 is 4.88. The molecule has 1 aliphatic rings. The first-order chi connectivity index (χ1) is 9.47. The second-order valence-electron chi connectivity index (χ2n) is 5.43. The van der Waals surface area contributed by atoms with E-state index < -0.39 is 0 Å². The maximum atomic E-state index is 12.0. The predicted octanol–water partition coefficient (Wildman–Crippen LogP) is 1.81. The van der Waals surface area contributed by atoms with Crippen LogP contribution in [-0.4, -0.2) is 35.5 Å². The van der Waals surface area contributed by atoms with Crippen LogP contribution in [0.25, 0.3) is 0 Å². The van der Waals surface area contributed by atoms with Crippen LogP contribution < -0.4 is 10.5 Å². The van der Waals surface area contributed by atoms with E-state index in [2.05, 4.69) is 13.8 Å². The lowest BCUT2D eigenvalue weighted by Gasteiger charge is -2.16. The zero-order valence-electron chi connectivity index (χ0n) is 11.8. The van der Waals surface area contributed by atoms with Gasteiger partial charge >= 0.3 is 0 Å². The van der Waals surface area contributed by atoms with Crippen LogP contribution in [0.15, 0.2) is 24.3 Å². The fraction of sp³-hybridized carbons (Fsp3) is 0.467. The molecule has 0 aromatic heterocycles. The Balaban J connectivity index is 1.86. The molecule has 1 aliphatic heterocycles. The Labute approximate surface area is 124 Å². The summed E-state index contributed by atoms with van der Waals surface area (Å²) in [5.41, 5.74) is 6.32. The van der Waals surface area contributed by atoms with E-state index in [1.54, 1.807) is 24.3 Å². The first-order valence-electron chi connectivity index (χ1n) is 6.78. The molecule has 5 heteroatoms. The summed E-state index contributed by atoms with van der Waals surface area (Å²) in [4.78, 5) is 14.3. The first kappa shape index (κ1) is 14.8. The van der Waals surface area contributed by atoms with Gasteiger partial charge in [0.1, 0.15) is 10.7 Å². The molecule has 4 nitrogen and oxygen atoms in total. The van der Waals surface area contributed by atoms with Crippen LogP contribution in [0.3, 0.4) is 0 Å². The second kappa shape index (κ2) is 6.22. The number of carbonyl (C=O) groups excluding carboxylic acids is 1. The SMILES string of the molecule is CC1CN(C(=O)COc2ccc(C(N)=S)cc2)CC1C. The zero-order valence-corrected chi connectivity index (χ0v) is 12.7. The first-order valence-corrected chi connectivity index (χ1v) is 7.18. The Bertz CT molecular complexity index is 491. The Kier molecular flexibility index (Phi) is 4.60. The highest BCUT2D eigenvalue weighted by molar-refractivity contribution is 7.80. The van der Waals surface area contributed by atoms with Crippen molar-refractivity contribution in [2.75, 3.05) is 19.7 Å². The van der Waals surface area contributed by atoms with Gasteiger partial charge in [-0.2, -0.15) is 0 Å². The Hall–Kier alpha value is -1.62. The van der Waals surface area contributed by atoms with Crippen molar-refractivity contribution in [2.24, 2.45) is 17.6 Å². The standard InChI is InChI=1S/C15H20N2O2S/c1-10-7-17(8-11(10)2)14(18)9-19-13-5-3-12(4-6-13)15(16)20/h3-6,10-11H,7-9H2,1-2H3,(H2,16,20). The van der Waals surface area contributed by atoms with Crippen molar-refractivity contribution in [1.82, 2.24) is 4.90 Å². The quantitative estimate of drug-likeness (QED) is 0.860.